The Bertz CT molecular complexity index is 2820. The number of hydrogen-bond donors (Lipinski definition) is 0. The molecule has 168 valence electrons. The smallest absolute Gasteiger partial charge is 0.135 e. The molecule has 0 radical (unpaired) electrons. The Kier molecular flexibility index (Phi) is 1.97. The van der Waals surface area contributed by atoms with E-state index < -0.39 is 90.3 Å². The fourth-order valence-electron chi connectivity index (χ4n) is 4.92. The van der Waals surface area contributed by atoms with E-state index in [0.29, 0.717) is 16.3 Å². The van der Waals surface area contributed by atoms with Crippen LogP contribution >= 0.6 is 0 Å². The minimum absolute atomic E-state index is 0.0541. The maximum atomic E-state index is 9.22. The molecule has 0 saturated heterocycles. The van der Waals surface area contributed by atoms with E-state index >= 15 is 0 Å². The van der Waals surface area contributed by atoms with Crippen molar-refractivity contribution in [2.75, 3.05) is 0 Å². The van der Waals surface area contributed by atoms with Crippen molar-refractivity contribution >= 4 is 32.6 Å². The Balaban J connectivity index is 1.62. The Morgan fingerprint density at radius 2 is 1.28 bits per heavy atom. The SMILES string of the molecule is [2H]c1c([2H])c([2H])c(-n2c3c([2H])c([2H])c([2H])c([2H])c3c3c(-c4ccc5c6c(cccc46)-c4c([2H])c([2H])c([2H])c([2H])c4O5)c([2H])c([2H])c([2H])c32)c([2H])c1[2H]. The number of hydrogen-bond acceptors (Lipinski definition) is 1. The molecule has 7 aromatic rings. The summed E-state index contributed by atoms with van der Waals surface area (Å²) in [6, 6.07) is -1.63. The first-order valence-electron chi connectivity index (χ1n) is 19.0. The fraction of sp³-hybridized carbons (Fsp3) is 0. The molecule has 0 fully saturated rings. The maximum Gasteiger partial charge on any atom is 0.135 e. The number of nitrogens with zero attached hydrogens (tertiary/aromatic N) is 1. The van der Waals surface area contributed by atoms with Gasteiger partial charge in [0.15, 0.2) is 0 Å². The van der Waals surface area contributed by atoms with Gasteiger partial charge in [-0.05, 0) is 58.4 Å². The summed E-state index contributed by atoms with van der Waals surface area (Å²) in [5.74, 6) is 0.147. The highest BCUT2D eigenvalue weighted by molar-refractivity contribution is 6.19. The lowest BCUT2D eigenvalue weighted by atomic mass is 9.89. The molecule has 1 aliphatic heterocycles. The summed E-state index contributed by atoms with van der Waals surface area (Å²) in [5, 5.41) is 0.466. The summed E-state index contributed by atoms with van der Waals surface area (Å²) < 4.78 is 145. The molecule has 6 aromatic carbocycles. The molecule has 1 aromatic heterocycles. The third kappa shape index (κ3) is 2.61. The molecule has 0 amide bonds. The molecule has 0 bridgehead atoms. The van der Waals surface area contributed by atoms with Gasteiger partial charge in [-0.1, -0.05) is 90.7 Å². The van der Waals surface area contributed by atoms with Crippen molar-refractivity contribution in [3.63, 3.8) is 0 Å². The van der Waals surface area contributed by atoms with Crippen molar-refractivity contribution in [2.45, 2.75) is 0 Å². The minimum atomic E-state index is -0.733. The largest absolute Gasteiger partial charge is 0.456 e. The van der Waals surface area contributed by atoms with Crippen molar-refractivity contribution in [2.24, 2.45) is 0 Å². The van der Waals surface area contributed by atoms with Crippen LogP contribution < -0.4 is 4.74 Å². The van der Waals surface area contributed by atoms with E-state index in [0.717, 1.165) is 4.57 Å². The Labute approximate surface area is 231 Å². The molecule has 8 rings (SSSR count). The molecule has 2 nitrogen and oxygen atoms in total. The van der Waals surface area contributed by atoms with E-state index in [2.05, 4.69) is 0 Å². The van der Waals surface area contributed by atoms with Crippen LogP contribution in [0.15, 0.2) is 127 Å². The topological polar surface area (TPSA) is 14.2 Å². The fourth-order valence-corrected chi connectivity index (χ4v) is 4.92. The number of fused-ring (bicyclic) bond motifs is 5. The zero-order chi connectivity index (χ0) is 37.6. The summed E-state index contributed by atoms with van der Waals surface area (Å²) >= 11 is 0. The van der Waals surface area contributed by atoms with Crippen molar-refractivity contribution in [1.82, 2.24) is 4.57 Å². The zero-order valence-electron chi connectivity index (χ0n) is 34.2. The number of ether oxygens (including phenoxy) is 1. The summed E-state index contributed by atoms with van der Waals surface area (Å²) in [7, 11) is 0. The summed E-state index contributed by atoms with van der Waals surface area (Å²) in [5.41, 5.74) is -0.443. The van der Waals surface area contributed by atoms with Gasteiger partial charge < -0.3 is 9.30 Å². The van der Waals surface area contributed by atoms with Crippen LogP contribution in [-0.4, -0.2) is 4.57 Å². The quantitative estimate of drug-likeness (QED) is 0.243. The van der Waals surface area contributed by atoms with Gasteiger partial charge in [-0.25, -0.2) is 0 Å². The zero-order valence-corrected chi connectivity index (χ0v) is 18.2. The van der Waals surface area contributed by atoms with Crippen LogP contribution in [0, 0.1) is 0 Å². The van der Waals surface area contributed by atoms with Gasteiger partial charge in [0.2, 0.25) is 0 Å². The molecular formula is C34H21NO. The summed E-state index contributed by atoms with van der Waals surface area (Å²) in [6.07, 6.45) is 0. The second kappa shape index (κ2) is 7.34. The lowest BCUT2D eigenvalue weighted by Crippen LogP contribution is -1.97. The normalized spacial score (nSPS) is 18.3. The van der Waals surface area contributed by atoms with E-state index in [9.17, 15) is 1.37 Å². The van der Waals surface area contributed by atoms with Gasteiger partial charge in [0.1, 0.15) is 11.5 Å². The second-order valence-corrected chi connectivity index (χ2v) is 8.15. The molecule has 0 aliphatic carbocycles. The van der Waals surface area contributed by atoms with E-state index in [-0.39, 0.29) is 62.1 Å². The number of aromatic nitrogens is 1. The first-order valence-corrected chi connectivity index (χ1v) is 11.0. The molecule has 36 heavy (non-hydrogen) atoms. The number of rotatable bonds is 2. The van der Waals surface area contributed by atoms with E-state index in [1.165, 1.54) is 12.1 Å². The average molecular weight is 476 g/mol. The highest BCUT2D eigenvalue weighted by Crippen LogP contribution is 2.49. The summed E-state index contributed by atoms with van der Waals surface area (Å²) in [6.45, 7) is 0. The van der Waals surface area contributed by atoms with Crippen LogP contribution in [0.1, 0.15) is 21.9 Å². The number of benzene rings is 6. The van der Waals surface area contributed by atoms with E-state index in [1.807, 2.05) is 0 Å². The van der Waals surface area contributed by atoms with Crippen LogP contribution in [0.25, 0.3) is 60.5 Å². The van der Waals surface area contributed by atoms with Crippen LogP contribution in [0.3, 0.4) is 0 Å². The van der Waals surface area contributed by atoms with Crippen LogP contribution in [0.4, 0.5) is 0 Å². The van der Waals surface area contributed by atoms with Crippen molar-refractivity contribution < 1.29 is 26.7 Å². The number of para-hydroxylation sites is 3. The van der Waals surface area contributed by atoms with Gasteiger partial charge in [-0.3, -0.25) is 0 Å². The lowest BCUT2D eigenvalue weighted by Gasteiger charge is -2.22. The van der Waals surface area contributed by atoms with E-state index in [1.54, 1.807) is 18.2 Å². The van der Waals surface area contributed by atoms with Crippen molar-refractivity contribution in [1.29, 1.82) is 0 Å². The first kappa shape index (κ1) is 9.67. The minimum Gasteiger partial charge on any atom is -0.456 e. The molecule has 1 aliphatic rings. The summed E-state index contributed by atoms with van der Waals surface area (Å²) in [4.78, 5) is 0. The predicted molar refractivity (Wildman–Crippen MR) is 149 cm³/mol. The van der Waals surface area contributed by atoms with Gasteiger partial charge in [0.25, 0.3) is 0 Å². The Morgan fingerprint density at radius 1 is 0.500 bits per heavy atom. The first-order chi connectivity index (χ1) is 24.5. The van der Waals surface area contributed by atoms with Gasteiger partial charge in [0.05, 0.1) is 33.0 Å². The van der Waals surface area contributed by atoms with Crippen LogP contribution in [0.2, 0.25) is 0 Å². The highest BCUT2D eigenvalue weighted by atomic mass is 16.5. The Morgan fingerprint density at radius 3 is 2.22 bits per heavy atom. The third-order valence-corrected chi connectivity index (χ3v) is 6.34. The third-order valence-electron chi connectivity index (χ3n) is 6.34. The monoisotopic (exact) mass is 475 g/mol. The molecule has 0 spiro atoms. The molecule has 0 unspecified atom stereocenters. The molecular weight excluding hydrogens is 438 g/mol. The highest BCUT2D eigenvalue weighted by Gasteiger charge is 2.22. The average Bonchev–Trinajstić information content (AvgIpc) is 3.48. The van der Waals surface area contributed by atoms with Gasteiger partial charge in [-0.2, -0.15) is 0 Å². The van der Waals surface area contributed by atoms with Gasteiger partial charge in [-0.15, -0.1) is 0 Å². The lowest BCUT2D eigenvalue weighted by molar-refractivity contribution is 0.487. The maximum absolute atomic E-state index is 9.22. The van der Waals surface area contributed by atoms with Gasteiger partial charge >= 0.3 is 0 Å². The van der Waals surface area contributed by atoms with Crippen molar-refractivity contribution in [3.8, 4) is 39.4 Å². The molecule has 0 saturated carbocycles. The molecule has 0 N–H and O–H groups in total. The molecule has 2 heteroatoms. The molecule has 2 heterocycles. The van der Waals surface area contributed by atoms with E-state index in [4.69, 9.17) is 25.3 Å². The van der Waals surface area contributed by atoms with Crippen LogP contribution in [0.5, 0.6) is 11.5 Å². The second-order valence-electron chi connectivity index (χ2n) is 8.15. The van der Waals surface area contributed by atoms with Crippen molar-refractivity contribution in [3.05, 3.63) is 127 Å². The Hall–Kier alpha value is -4.82. The molecule has 0 atom stereocenters. The van der Waals surface area contributed by atoms with Crippen LogP contribution in [-0.2, 0) is 0 Å². The van der Waals surface area contributed by atoms with Gasteiger partial charge in [0, 0.05) is 27.4 Å². The predicted octanol–water partition coefficient (Wildman–Crippen LogP) is 9.38. The standard InChI is InChI=1S/C34H21NO/c1-2-10-22(11-3-1)35-29-17-6-4-13-28(29)33-25(16-9-18-30(33)35)23-20-21-32-34-26(23)14-8-15-27(34)24-12-5-7-19-31(24)36-32/h1-21H/i1D,2D,3D,4D,5D,6D,7D,9D,10D,11D,12D,13D,16D,17D,18D,19D.